The first-order chi connectivity index (χ1) is 27.7. The van der Waals surface area contributed by atoms with Gasteiger partial charge in [0.2, 0.25) is 0 Å². The van der Waals surface area contributed by atoms with Crippen LogP contribution < -0.4 is 0 Å². The number of nitriles is 2. The van der Waals surface area contributed by atoms with E-state index in [1.54, 1.807) is 0 Å². The summed E-state index contributed by atoms with van der Waals surface area (Å²) in [7, 11) is 0. The van der Waals surface area contributed by atoms with Gasteiger partial charge in [0.25, 0.3) is 0 Å². The van der Waals surface area contributed by atoms with Gasteiger partial charge in [0.05, 0.1) is 49.8 Å². The number of para-hydroxylation sites is 4. The average molecular weight is 719 g/mol. The molecule has 56 heavy (non-hydrogen) atoms. The van der Waals surface area contributed by atoms with Crippen molar-refractivity contribution >= 4 is 93.9 Å². The van der Waals surface area contributed by atoms with Crippen molar-refractivity contribution in [1.82, 2.24) is 9.13 Å². The number of rotatable bonds is 3. The lowest BCUT2D eigenvalue weighted by Crippen LogP contribution is -2.12. The third kappa shape index (κ3) is 4.02. The summed E-state index contributed by atoms with van der Waals surface area (Å²) in [6.07, 6.45) is 9.62. The summed E-state index contributed by atoms with van der Waals surface area (Å²) in [5.41, 5.74) is 13.4. The second kappa shape index (κ2) is 11.5. The normalized spacial score (nSPS) is 14.4. The van der Waals surface area contributed by atoms with E-state index in [2.05, 4.69) is 106 Å². The Morgan fingerprint density at radius 3 is 1.96 bits per heavy atom. The summed E-state index contributed by atoms with van der Waals surface area (Å²) in [6.45, 7) is 0. The molecule has 0 saturated heterocycles. The minimum absolute atomic E-state index is 0.576. The number of allylic oxidation sites excluding steroid dienone is 5. The zero-order valence-electron chi connectivity index (χ0n) is 30.1. The largest absolute Gasteiger partial charge is 0.455 e. The van der Waals surface area contributed by atoms with Crippen LogP contribution in [0.2, 0.25) is 0 Å². The summed E-state index contributed by atoms with van der Waals surface area (Å²) in [6, 6.07) is 44.6. The highest BCUT2D eigenvalue weighted by Gasteiger charge is 2.30. The highest BCUT2D eigenvalue weighted by atomic mass is 16.3. The lowest BCUT2D eigenvalue weighted by molar-refractivity contribution is 0.672. The fourth-order valence-electron chi connectivity index (χ4n) is 9.69. The maximum absolute atomic E-state index is 10.9. The van der Waals surface area contributed by atoms with Gasteiger partial charge in [0, 0.05) is 43.8 Å². The van der Waals surface area contributed by atoms with Crippen LogP contribution >= 0.6 is 0 Å². The molecule has 0 unspecified atom stereocenters. The first-order valence-corrected chi connectivity index (χ1v) is 19.1. The van der Waals surface area contributed by atoms with E-state index < -0.39 is 0 Å². The van der Waals surface area contributed by atoms with Crippen LogP contribution in [-0.2, 0) is 6.42 Å². The minimum Gasteiger partial charge on any atom is -0.455 e. The van der Waals surface area contributed by atoms with Crippen molar-refractivity contribution in [2.75, 3.05) is 0 Å². The Bertz CT molecular complexity index is 3560. The van der Waals surface area contributed by atoms with Crippen molar-refractivity contribution in [3.63, 3.8) is 0 Å². The molecule has 262 valence electrons. The van der Waals surface area contributed by atoms with Crippen LogP contribution in [-0.4, -0.2) is 9.13 Å². The molecule has 4 heterocycles. The van der Waals surface area contributed by atoms with E-state index in [1.165, 1.54) is 0 Å². The van der Waals surface area contributed by atoms with Crippen LogP contribution in [0.3, 0.4) is 0 Å². The Morgan fingerprint density at radius 2 is 1.23 bits per heavy atom. The summed E-state index contributed by atoms with van der Waals surface area (Å²) in [4.78, 5) is 0. The first kappa shape index (κ1) is 30.9. The molecule has 6 aromatic carbocycles. The SMILES string of the molecule is N#CC1=CCCC(c2cccc(C#N)c2-n2c3c(c4c5oc6ccccc6c5ccc42)C=CCC3)=C1n1c2ccccc2c2c3oc4ccccc4c3ccc21. The predicted molar refractivity (Wildman–Crippen MR) is 225 cm³/mol. The van der Waals surface area contributed by atoms with Gasteiger partial charge in [-0.15, -0.1) is 0 Å². The fraction of sp³-hybridized carbons (Fsp3) is 0.0800. The van der Waals surface area contributed by atoms with Gasteiger partial charge < -0.3 is 18.0 Å². The topological polar surface area (TPSA) is 83.7 Å². The number of benzene rings is 6. The maximum Gasteiger partial charge on any atom is 0.145 e. The Hall–Kier alpha value is -7.54. The van der Waals surface area contributed by atoms with E-state index in [1.807, 2.05) is 48.5 Å². The number of hydrogen-bond acceptors (Lipinski definition) is 4. The Morgan fingerprint density at radius 1 is 0.554 bits per heavy atom. The van der Waals surface area contributed by atoms with Gasteiger partial charge in [-0.1, -0.05) is 85.0 Å². The summed E-state index contributed by atoms with van der Waals surface area (Å²) >= 11 is 0. The lowest BCUT2D eigenvalue weighted by Gasteiger charge is -2.25. The van der Waals surface area contributed by atoms with Crippen molar-refractivity contribution in [3.8, 4) is 17.8 Å². The second-order valence-corrected chi connectivity index (χ2v) is 14.8. The van der Waals surface area contributed by atoms with Gasteiger partial charge in [-0.25, -0.2) is 0 Å². The smallest absolute Gasteiger partial charge is 0.145 e. The molecule has 0 atom stereocenters. The molecule has 0 amide bonds. The van der Waals surface area contributed by atoms with E-state index in [-0.39, 0.29) is 0 Å². The third-order valence-corrected chi connectivity index (χ3v) is 12.0. The van der Waals surface area contributed by atoms with Crippen LogP contribution in [0.25, 0.3) is 99.6 Å². The second-order valence-electron chi connectivity index (χ2n) is 14.8. The van der Waals surface area contributed by atoms with Gasteiger partial charge in [-0.2, -0.15) is 10.5 Å². The molecular weight excluding hydrogens is 689 g/mol. The molecule has 6 heteroatoms. The minimum atomic E-state index is 0.576. The number of aromatic nitrogens is 2. The van der Waals surface area contributed by atoms with E-state index in [0.717, 1.165) is 123 Å². The summed E-state index contributed by atoms with van der Waals surface area (Å²) < 4.78 is 17.8. The van der Waals surface area contributed by atoms with Crippen LogP contribution in [0, 0.1) is 22.7 Å². The Labute approximate surface area is 320 Å². The molecule has 0 bridgehead atoms. The van der Waals surface area contributed by atoms with Gasteiger partial charge in [-0.05, 0) is 79.8 Å². The molecule has 0 fully saturated rings. The predicted octanol–water partition coefficient (Wildman–Crippen LogP) is 13.0. The molecule has 0 aliphatic heterocycles. The van der Waals surface area contributed by atoms with E-state index in [4.69, 9.17) is 8.83 Å². The molecule has 2 aliphatic rings. The van der Waals surface area contributed by atoms with Crippen LogP contribution in [0.4, 0.5) is 0 Å². The van der Waals surface area contributed by atoms with Gasteiger partial charge in [0.15, 0.2) is 0 Å². The molecule has 2 aliphatic carbocycles. The van der Waals surface area contributed by atoms with Crippen LogP contribution in [0.5, 0.6) is 0 Å². The molecular formula is C50H30N4O2. The molecule has 12 rings (SSSR count). The molecule has 0 radical (unpaired) electrons. The van der Waals surface area contributed by atoms with Crippen molar-refractivity contribution in [1.29, 1.82) is 10.5 Å². The molecule has 4 aromatic heterocycles. The standard InChI is InChI=1S/C50H30N4O2/c51-27-29-11-9-17-33(47(29)53-39-19-5-1-15-37(39)45-41(53)25-23-35-31-13-3-7-21-43(31)55-49(35)45)34-18-10-12-30(28-52)48(34)54-40-20-6-2-16-38(40)46-42(54)26-24-36-32-14-4-8-22-44(32)56-50(36)46/h1-5,7-8,10-16,18-19,21-26H,6,9,17,20H2. The molecule has 0 spiro atoms. The zero-order chi connectivity index (χ0) is 37.1. The maximum atomic E-state index is 10.9. The molecule has 6 nitrogen and oxygen atoms in total. The lowest BCUT2D eigenvalue weighted by atomic mass is 9.88. The van der Waals surface area contributed by atoms with E-state index in [0.29, 0.717) is 24.0 Å². The molecule has 0 N–H and O–H groups in total. The number of fused-ring (bicyclic) bond motifs is 14. The van der Waals surface area contributed by atoms with E-state index >= 15 is 0 Å². The summed E-state index contributed by atoms with van der Waals surface area (Å²) in [5.74, 6) is 0. The van der Waals surface area contributed by atoms with Crippen molar-refractivity contribution in [2.24, 2.45) is 0 Å². The van der Waals surface area contributed by atoms with Gasteiger partial charge in [-0.3, -0.25) is 0 Å². The van der Waals surface area contributed by atoms with Crippen molar-refractivity contribution in [2.45, 2.75) is 25.7 Å². The highest BCUT2D eigenvalue weighted by Crippen LogP contribution is 2.48. The van der Waals surface area contributed by atoms with E-state index in [9.17, 15) is 10.5 Å². The number of furan rings is 2. The fourth-order valence-corrected chi connectivity index (χ4v) is 9.69. The monoisotopic (exact) mass is 718 g/mol. The Balaban J connectivity index is 1.21. The first-order valence-electron chi connectivity index (χ1n) is 19.1. The highest BCUT2D eigenvalue weighted by molar-refractivity contribution is 6.25. The number of nitrogens with zero attached hydrogens (tertiary/aromatic N) is 4. The number of hydrogen-bond donors (Lipinski definition) is 0. The summed E-state index contributed by atoms with van der Waals surface area (Å²) in [5, 5.41) is 29.2. The third-order valence-electron chi connectivity index (χ3n) is 12.0. The molecule has 10 aromatic rings. The van der Waals surface area contributed by atoms with Gasteiger partial charge in [0.1, 0.15) is 34.5 Å². The average Bonchev–Trinajstić information content (AvgIpc) is 4.00. The van der Waals surface area contributed by atoms with Crippen molar-refractivity contribution in [3.05, 3.63) is 155 Å². The molecule has 0 saturated carbocycles. The van der Waals surface area contributed by atoms with Crippen molar-refractivity contribution < 1.29 is 8.83 Å². The quantitative estimate of drug-likeness (QED) is 0.182. The van der Waals surface area contributed by atoms with Gasteiger partial charge >= 0.3 is 0 Å². The van der Waals surface area contributed by atoms with Crippen LogP contribution in [0.15, 0.2) is 142 Å². The Kier molecular flexibility index (Phi) is 6.33. The van der Waals surface area contributed by atoms with Crippen LogP contribution in [0.1, 0.15) is 41.6 Å². The zero-order valence-corrected chi connectivity index (χ0v) is 30.1.